The Morgan fingerprint density at radius 2 is 2.00 bits per heavy atom. The summed E-state index contributed by atoms with van der Waals surface area (Å²) in [5.41, 5.74) is 0.277. The van der Waals surface area contributed by atoms with Crippen molar-refractivity contribution in [2.75, 3.05) is 13.9 Å². The van der Waals surface area contributed by atoms with Crippen molar-refractivity contribution < 1.29 is 38.0 Å². The van der Waals surface area contributed by atoms with Crippen molar-refractivity contribution in [3.05, 3.63) is 12.2 Å². The standard InChI is InChI=1S/C17H24O8/c1-9-12(21-8-20-5)6-17(24-11(3)19)14-15(22-10(2)18)23-13(25-17)7-16(9,14)4/h12-15H,1,6-8H2,2-5H3/t12-,13-,14?,15-,16-,17+/m1/s1. The lowest BCUT2D eigenvalue weighted by atomic mass is 9.56. The maximum atomic E-state index is 11.8. The largest absolute Gasteiger partial charge is 0.435 e. The lowest BCUT2D eigenvalue weighted by molar-refractivity contribution is -0.465. The average Bonchev–Trinajstić information content (AvgIpc) is 2.47. The van der Waals surface area contributed by atoms with E-state index in [-0.39, 0.29) is 13.2 Å². The topological polar surface area (TPSA) is 89.5 Å². The molecule has 0 aromatic carbocycles. The molecule has 6 atom stereocenters. The first kappa shape index (κ1) is 18.3. The van der Waals surface area contributed by atoms with Crippen LogP contribution in [0.3, 0.4) is 0 Å². The van der Waals surface area contributed by atoms with E-state index in [0.29, 0.717) is 6.42 Å². The summed E-state index contributed by atoms with van der Waals surface area (Å²) in [6.45, 7) is 8.89. The van der Waals surface area contributed by atoms with Crippen LogP contribution in [0, 0.1) is 11.3 Å². The summed E-state index contributed by atoms with van der Waals surface area (Å²) in [7, 11) is 1.53. The van der Waals surface area contributed by atoms with Crippen molar-refractivity contribution in [1.29, 1.82) is 0 Å². The molecular formula is C17H24O8. The lowest BCUT2D eigenvalue weighted by Crippen LogP contribution is -2.72. The second-order valence-electron chi connectivity index (χ2n) is 6.96. The van der Waals surface area contributed by atoms with Crippen LogP contribution >= 0.6 is 0 Å². The highest BCUT2D eigenvalue weighted by molar-refractivity contribution is 5.67. The molecule has 25 heavy (non-hydrogen) atoms. The molecule has 3 heterocycles. The molecule has 0 N–H and O–H groups in total. The molecule has 0 spiro atoms. The van der Waals surface area contributed by atoms with E-state index in [4.69, 9.17) is 28.4 Å². The first-order valence-electron chi connectivity index (χ1n) is 8.22. The smallest absolute Gasteiger partial charge is 0.305 e. The van der Waals surface area contributed by atoms with Gasteiger partial charge in [-0.05, 0) is 5.57 Å². The van der Waals surface area contributed by atoms with E-state index < -0.39 is 47.7 Å². The third kappa shape index (κ3) is 2.97. The number of ether oxygens (including phenoxy) is 6. The molecular weight excluding hydrogens is 332 g/mol. The van der Waals surface area contributed by atoms with Gasteiger partial charge in [0.05, 0.1) is 12.0 Å². The first-order valence-corrected chi connectivity index (χ1v) is 8.22. The Kier molecular flexibility index (Phi) is 4.65. The number of carbonyl (C=O) groups is 2. The van der Waals surface area contributed by atoms with Gasteiger partial charge in [0.25, 0.3) is 0 Å². The molecule has 1 unspecified atom stereocenters. The Labute approximate surface area is 146 Å². The third-order valence-electron chi connectivity index (χ3n) is 5.22. The molecule has 140 valence electrons. The Morgan fingerprint density at radius 3 is 2.60 bits per heavy atom. The minimum Gasteiger partial charge on any atom is -0.435 e. The van der Waals surface area contributed by atoms with Gasteiger partial charge in [-0.1, -0.05) is 13.5 Å². The predicted octanol–water partition coefficient (Wildman–Crippen LogP) is 1.48. The van der Waals surface area contributed by atoms with E-state index in [1.807, 2.05) is 6.92 Å². The van der Waals surface area contributed by atoms with Crippen LogP contribution in [0.2, 0.25) is 0 Å². The monoisotopic (exact) mass is 356 g/mol. The normalized spacial score (nSPS) is 42.2. The van der Waals surface area contributed by atoms with Gasteiger partial charge in [-0.2, -0.15) is 0 Å². The minimum absolute atomic E-state index is 0.0773. The van der Waals surface area contributed by atoms with Gasteiger partial charge in [0.1, 0.15) is 6.79 Å². The van der Waals surface area contributed by atoms with Crippen LogP contribution in [0.4, 0.5) is 0 Å². The maximum Gasteiger partial charge on any atom is 0.305 e. The Hall–Kier alpha value is -1.48. The summed E-state index contributed by atoms with van der Waals surface area (Å²) >= 11 is 0. The summed E-state index contributed by atoms with van der Waals surface area (Å²) < 4.78 is 33.4. The Morgan fingerprint density at radius 1 is 1.28 bits per heavy atom. The van der Waals surface area contributed by atoms with E-state index in [0.717, 1.165) is 5.57 Å². The number of fused-ring (bicyclic) bond motifs is 1. The Bertz CT molecular complexity index is 589. The SMILES string of the molecule is C=C1[C@H](OCOC)C[C@]2(OC(C)=O)O[C@@H]3C[C@@]1(C)C2[C@H](OC(C)=O)O3. The average molecular weight is 356 g/mol. The Balaban J connectivity index is 2.00. The fourth-order valence-corrected chi connectivity index (χ4v) is 4.30. The van der Waals surface area contributed by atoms with Crippen LogP contribution in [0.25, 0.3) is 0 Å². The number of rotatable bonds is 5. The van der Waals surface area contributed by atoms with Crippen molar-refractivity contribution in [2.24, 2.45) is 11.3 Å². The number of esters is 2. The zero-order chi connectivity index (χ0) is 18.4. The second-order valence-corrected chi connectivity index (χ2v) is 6.96. The summed E-state index contributed by atoms with van der Waals surface area (Å²) in [6, 6.07) is 0. The first-order chi connectivity index (χ1) is 11.7. The molecule has 0 aromatic rings. The zero-order valence-electron chi connectivity index (χ0n) is 14.9. The van der Waals surface area contributed by atoms with Gasteiger partial charge in [-0.3, -0.25) is 9.59 Å². The van der Waals surface area contributed by atoms with Crippen LogP contribution < -0.4 is 0 Å². The molecule has 4 aliphatic rings. The molecule has 1 aliphatic carbocycles. The quantitative estimate of drug-likeness (QED) is 0.416. The molecule has 8 heteroatoms. The van der Waals surface area contributed by atoms with E-state index in [9.17, 15) is 9.59 Å². The van der Waals surface area contributed by atoms with Crippen molar-refractivity contribution >= 4 is 11.9 Å². The van der Waals surface area contributed by atoms with E-state index in [1.54, 1.807) is 0 Å². The summed E-state index contributed by atoms with van der Waals surface area (Å²) in [5, 5.41) is 0. The van der Waals surface area contributed by atoms with Gasteiger partial charge in [0.15, 0.2) is 6.29 Å². The maximum absolute atomic E-state index is 11.8. The molecule has 3 aliphatic heterocycles. The molecule has 1 saturated carbocycles. The lowest BCUT2D eigenvalue weighted by Gasteiger charge is -2.64. The fourth-order valence-electron chi connectivity index (χ4n) is 4.30. The molecule has 0 amide bonds. The molecule has 4 fully saturated rings. The molecule has 8 nitrogen and oxygen atoms in total. The van der Waals surface area contributed by atoms with E-state index in [1.165, 1.54) is 21.0 Å². The molecule has 4 rings (SSSR count). The highest BCUT2D eigenvalue weighted by Crippen LogP contribution is 2.63. The highest BCUT2D eigenvalue weighted by Gasteiger charge is 2.71. The highest BCUT2D eigenvalue weighted by atomic mass is 16.8. The minimum atomic E-state index is -1.30. The van der Waals surface area contributed by atoms with Crippen LogP contribution in [-0.2, 0) is 38.0 Å². The van der Waals surface area contributed by atoms with Crippen molar-refractivity contribution in [2.45, 2.75) is 58.1 Å². The van der Waals surface area contributed by atoms with Gasteiger partial charge in [0.2, 0.25) is 12.1 Å². The zero-order valence-corrected chi connectivity index (χ0v) is 14.9. The molecule has 3 saturated heterocycles. The fraction of sp³-hybridized carbons (Fsp3) is 0.765. The predicted molar refractivity (Wildman–Crippen MR) is 82.7 cm³/mol. The van der Waals surface area contributed by atoms with E-state index >= 15 is 0 Å². The number of carbonyl (C=O) groups excluding carboxylic acids is 2. The van der Waals surface area contributed by atoms with Crippen LogP contribution in [0.15, 0.2) is 12.2 Å². The van der Waals surface area contributed by atoms with Gasteiger partial charge in [-0.25, -0.2) is 0 Å². The van der Waals surface area contributed by atoms with Crippen LogP contribution in [0.5, 0.6) is 0 Å². The molecule has 0 radical (unpaired) electrons. The van der Waals surface area contributed by atoms with Crippen LogP contribution in [-0.4, -0.2) is 50.3 Å². The number of methoxy groups -OCH3 is 1. The van der Waals surface area contributed by atoms with Crippen molar-refractivity contribution in [3.63, 3.8) is 0 Å². The summed E-state index contributed by atoms with van der Waals surface area (Å²) in [5.74, 6) is -2.81. The van der Waals surface area contributed by atoms with Gasteiger partial charge < -0.3 is 28.4 Å². The number of hydrogen-bond acceptors (Lipinski definition) is 8. The van der Waals surface area contributed by atoms with Crippen molar-refractivity contribution in [3.8, 4) is 0 Å². The number of hydrogen-bond donors (Lipinski definition) is 0. The third-order valence-corrected chi connectivity index (χ3v) is 5.22. The van der Waals surface area contributed by atoms with Crippen LogP contribution in [0.1, 0.15) is 33.6 Å². The molecule has 4 bridgehead atoms. The van der Waals surface area contributed by atoms with Crippen molar-refractivity contribution in [1.82, 2.24) is 0 Å². The van der Waals surface area contributed by atoms with Gasteiger partial charge in [0, 0.05) is 39.2 Å². The summed E-state index contributed by atoms with van der Waals surface area (Å²) in [6.07, 6.45) is -1.23. The van der Waals surface area contributed by atoms with E-state index in [2.05, 4.69) is 6.58 Å². The second kappa shape index (κ2) is 6.35. The van der Waals surface area contributed by atoms with Gasteiger partial charge >= 0.3 is 11.9 Å². The van der Waals surface area contributed by atoms with Gasteiger partial charge in [-0.15, -0.1) is 0 Å². The molecule has 0 aromatic heterocycles. The summed E-state index contributed by atoms with van der Waals surface area (Å²) in [4.78, 5) is 23.3.